The van der Waals surface area contributed by atoms with Gasteiger partial charge >= 0.3 is 0 Å². The maximum atomic E-state index is 3.78. The number of benzene rings is 1. The molecule has 0 radical (unpaired) electrons. The molecule has 4 atom stereocenters. The molecule has 106 valence electrons. The summed E-state index contributed by atoms with van der Waals surface area (Å²) in [5.74, 6) is 2.49. The summed E-state index contributed by atoms with van der Waals surface area (Å²) in [5.41, 5.74) is 2.75. The van der Waals surface area contributed by atoms with Crippen LogP contribution < -0.4 is 5.32 Å². The van der Waals surface area contributed by atoms with E-state index >= 15 is 0 Å². The maximum Gasteiger partial charge on any atom is 0.0357 e. The number of hydrogen-bond acceptors (Lipinski definition) is 1. The predicted molar refractivity (Wildman–Crippen MR) is 86.3 cm³/mol. The maximum absolute atomic E-state index is 3.78. The van der Waals surface area contributed by atoms with E-state index in [0.717, 1.165) is 17.8 Å². The smallest absolute Gasteiger partial charge is 0.0357 e. The number of halogens is 1. The molecule has 0 saturated heterocycles. The zero-order valence-corrected chi connectivity index (χ0v) is 14.1. The molecule has 2 heteroatoms. The van der Waals surface area contributed by atoms with Gasteiger partial charge in [-0.25, -0.2) is 0 Å². The van der Waals surface area contributed by atoms with Crippen LogP contribution in [0.15, 0.2) is 22.7 Å². The third-order valence-corrected chi connectivity index (χ3v) is 6.06. The molecular formula is C17H26BrN. The highest BCUT2D eigenvalue weighted by Gasteiger charge is 2.31. The van der Waals surface area contributed by atoms with Crippen LogP contribution in [-0.2, 0) is 0 Å². The van der Waals surface area contributed by atoms with Crippen molar-refractivity contribution in [1.82, 2.24) is 5.32 Å². The standard InChI is InChI=1S/C17H26BrN/c1-11-8-9-14(10-13(11)3)17(19-4)15-7-5-6-12(2)16(15)18/h5-7,11,13-14,17,19H,8-10H2,1-4H3. The van der Waals surface area contributed by atoms with Gasteiger partial charge in [-0.3, -0.25) is 0 Å². The lowest BCUT2D eigenvalue weighted by Gasteiger charge is -2.37. The monoisotopic (exact) mass is 323 g/mol. The number of hydrogen-bond donors (Lipinski definition) is 1. The quantitative estimate of drug-likeness (QED) is 0.816. The van der Waals surface area contributed by atoms with Crippen LogP contribution in [0.4, 0.5) is 0 Å². The molecule has 1 aliphatic rings. The lowest BCUT2D eigenvalue weighted by Crippen LogP contribution is -2.31. The molecule has 19 heavy (non-hydrogen) atoms. The SMILES string of the molecule is CNC(c1cccc(C)c1Br)C1CCC(C)C(C)C1. The van der Waals surface area contributed by atoms with Gasteiger partial charge in [0.05, 0.1) is 0 Å². The van der Waals surface area contributed by atoms with Crippen molar-refractivity contribution in [2.45, 2.75) is 46.1 Å². The van der Waals surface area contributed by atoms with Crippen molar-refractivity contribution in [2.24, 2.45) is 17.8 Å². The second-order valence-corrected chi connectivity index (χ2v) is 7.07. The summed E-state index contributed by atoms with van der Waals surface area (Å²) < 4.78 is 1.28. The molecule has 1 N–H and O–H groups in total. The summed E-state index contributed by atoms with van der Waals surface area (Å²) in [7, 11) is 2.10. The van der Waals surface area contributed by atoms with E-state index in [1.807, 2.05) is 0 Å². The van der Waals surface area contributed by atoms with Gasteiger partial charge in [-0.2, -0.15) is 0 Å². The van der Waals surface area contributed by atoms with Crippen molar-refractivity contribution < 1.29 is 0 Å². The topological polar surface area (TPSA) is 12.0 Å². The molecular weight excluding hydrogens is 298 g/mol. The van der Waals surface area contributed by atoms with Gasteiger partial charge in [0.15, 0.2) is 0 Å². The molecule has 0 aromatic heterocycles. The third-order valence-electron chi connectivity index (χ3n) is 4.98. The molecule has 1 aliphatic carbocycles. The first kappa shape index (κ1) is 15.1. The van der Waals surface area contributed by atoms with Crippen molar-refractivity contribution >= 4 is 15.9 Å². The van der Waals surface area contributed by atoms with E-state index in [1.54, 1.807) is 0 Å². The zero-order valence-electron chi connectivity index (χ0n) is 12.5. The Morgan fingerprint density at radius 1 is 1.21 bits per heavy atom. The Morgan fingerprint density at radius 3 is 2.58 bits per heavy atom. The highest BCUT2D eigenvalue weighted by Crippen LogP contribution is 2.41. The van der Waals surface area contributed by atoms with Crippen LogP contribution in [0.25, 0.3) is 0 Å². The summed E-state index contributed by atoms with van der Waals surface area (Å²) >= 11 is 3.78. The highest BCUT2D eigenvalue weighted by atomic mass is 79.9. The predicted octanol–water partition coefficient (Wildman–Crippen LogP) is 5.09. The van der Waals surface area contributed by atoms with Crippen LogP contribution >= 0.6 is 15.9 Å². The summed E-state index contributed by atoms with van der Waals surface area (Å²) in [6, 6.07) is 7.09. The summed E-state index contributed by atoms with van der Waals surface area (Å²) in [5, 5.41) is 3.56. The normalized spacial score (nSPS) is 29.2. The van der Waals surface area contributed by atoms with Crippen LogP contribution in [0.2, 0.25) is 0 Å². The third kappa shape index (κ3) is 3.22. The fourth-order valence-electron chi connectivity index (χ4n) is 3.45. The Morgan fingerprint density at radius 2 is 1.95 bits per heavy atom. The van der Waals surface area contributed by atoms with Gasteiger partial charge < -0.3 is 5.32 Å². The minimum Gasteiger partial charge on any atom is -0.313 e. The van der Waals surface area contributed by atoms with Gasteiger partial charge in [-0.15, -0.1) is 0 Å². The van der Waals surface area contributed by atoms with Gasteiger partial charge in [0.25, 0.3) is 0 Å². The van der Waals surface area contributed by atoms with Crippen LogP contribution in [-0.4, -0.2) is 7.05 Å². The first-order valence-electron chi connectivity index (χ1n) is 7.46. The van der Waals surface area contributed by atoms with E-state index in [2.05, 4.69) is 67.3 Å². The fourth-order valence-corrected chi connectivity index (χ4v) is 3.96. The summed E-state index contributed by atoms with van der Waals surface area (Å²) in [6.45, 7) is 6.98. The number of rotatable bonds is 3. The van der Waals surface area contributed by atoms with E-state index in [1.165, 1.54) is 34.9 Å². The second kappa shape index (κ2) is 6.41. The molecule has 0 bridgehead atoms. The molecule has 1 aromatic rings. The first-order chi connectivity index (χ1) is 9.04. The summed E-state index contributed by atoms with van der Waals surface area (Å²) in [4.78, 5) is 0. The molecule has 1 nitrogen and oxygen atoms in total. The van der Waals surface area contributed by atoms with Crippen LogP contribution in [0.5, 0.6) is 0 Å². The Bertz CT molecular complexity index is 429. The molecule has 0 spiro atoms. The van der Waals surface area contributed by atoms with E-state index in [9.17, 15) is 0 Å². The second-order valence-electron chi connectivity index (χ2n) is 6.27. The van der Waals surface area contributed by atoms with E-state index in [-0.39, 0.29) is 0 Å². The molecule has 0 heterocycles. The molecule has 4 unspecified atom stereocenters. The average molecular weight is 324 g/mol. The Hall–Kier alpha value is -0.340. The van der Waals surface area contributed by atoms with Gasteiger partial charge in [0, 0.05) is 10.5 Å². The summed E-state index contributed by atoms with van der Waals surface area (Å²) in [6.07, 6.45) is 4.05. The Balaban J connectivity index is 2.22. The van der Waals surface area contributed by atoms with E-state index in [0.29, 0.717) is 6.04 Å². The van der Waals surface area contributed by atoms with Gasteiger partial charge in [0.2, 0.25) is 0 Å². The van der Waals surface area contributed by atoms with Crippen molar-refractivity contribution in [3.05, 3.63) is 33.8 Å². The lowest BCUT2D eigenvalue weighted by atomic mass is 9.72. The van der Waals surface area contributed by atoms with Gasteiger partial charge in [0.1, 0.15) is 0 Å². The molecule has 1 aromatic carbocycles. The number of nitrogens with one attached hydrogen (secondary N) is 1. The van der Waals surface area contributed by atoms with Crippen LogP contribution in [0, 0.1) is 24.7 Å². The molecule has 0 aliphatic heterocycles. The molecule has 0 amide bonds. The van der Waals surface area contributed by atoms with Crippen molar-refractivity contribution in [3.63, 3.8) is 0 Å². The van der Waals surface area contributed by atoms with E-state index in [4.69, 9.17) is 0 Å². The highest BCUT2D eigenvalue weighted by molar-refractivity contribution is 9.10. The van der Waals surface area contributed by atoms with Gasteiger partial charge in [-0.1, -0.05) is 54.4 Å². The lowest BCUT2D eigenvalue weighted by molar-refractivity contribution is 0.174. The average Bonchev–Trinajstić information content (AvgIpc) is 2.39. The van der Waals surface area contributed by atoms with Crippen molar-refractivity contribution in [1.29, 1.82) is 0 Å². The van der Waals surface area contributed by atoms with Crippen LogP contribution in [0.1, 0.15) is 50.3 Å². The van der Waals surface area contributed by atoms with Crippen molar-refractivity contribution in [2.75, 3.05) is 7.05 Å². The molecule has 2 rings (SSSR count). The number of aryl methyl sites for hydroxylation is 1. The van der Waals surface area contributed by atoms with Crippen molar-refractivity contribution in [3.8, 4) is 0 Å². The first-order valence-corrected chi connectivity index (χ1v) is 8.26. The van der Waals surface area contributed by atoms with E-state index < -0.39 is 0 Å². The molecule has 1 fully saturated rings. The fraction of sp³-hybridized carbons (Fsp3) is 0.647. The zero-order chi connectivity index (χ0) is 14.0. The molecule has 1 saturated carbocycles. The van der Waals surface area contributed by atoms with Crippen LogP contribution in [0.3, 0.4) is 0 Å². The minimum atomic E-state index is 0.476. The van der Waals surface area contributed by atoms with Gasteiger partial charge in [-0.05, 0) is 55.7 Å². The Kier molecular flexibility index (Phi) is 5.08. The largest absolute Gasteiger partial charge is 0.313 e. The minimum absolute atomic E-state index is 0.476. The Labute approximate surface area is 126 Å².